The average Bonchev–Trinajstić information content (AvgIpc) is 3.88. The van der Waals surface area contributed by atoms with Crippen LogP contribution in [-0.4, -0.2) is 0 Å². The highest BCUT2D eigenvalue weighted by Gasteiger charge is 2.36. The molecule has 2 heterocycles. The van der Waals surface area contributed by atoms with Crippen LogP contribution < -0.4 is 4.90 Å². The first-order valence-electron chi connectivity index (χ1n) is 19.3. The quantitative estimate of drug-likeness (QED) is 0.170. The van der Waals surface area contributed by atoms with Crippen molar-refractivity contribution < 1.29 is 8.83 Å². The molecule has 264 valence electrons. The maximum atomic E-state index is 7.04. The molecule has 1 aliphatic rings. The molecular formula is C53H35NO2. The van der Waals surface area contributed by atoms with Gasteiger partial charge in [-0.1, -0.05) is 129 Å². The molecule has 0 amide bonds. The van der Waals surface area contributed by atoms with Gasteiger partial charge in [-0.25, -0.2) is 0 Å². The van der Waals surface area contributed by atoms with Crippen LogP contribution in [0.1, 0.15) is 25.0 Å². The summed E-state index contributed by atoms with van der Waals surface area (Å²) in [4.78, 5) is 2.41. The molecule has 56 heavy (non-hydrogen) atoms. The number of nitrogens with zero attached hydrogens (tertiary/aromatic N) is 1. The average molecular weight is 718 g/mol. The summed E-state index contributed by atoms with van der Waals surface area (Å²) >= 11 is 0. The van der Waals surface area contributed by atoms with Crippen molar-refractivity contribution in [2.45, 2.75) is 19.3 Å². The van der Waals surface area contributed by atoms with Gasteiger partial charge < -0.3 is 13.7 Å². The van der Waals surface area contributed by atoms with Crippen molar-refractivity contribution in [3.63, 3.8) is 0 Å². The van der Waals surface area contributed by atoms with Gasteiger partial charge in [0, 0.05) is 49.6 Å². The topological polar surface area (TPSA) is 29.5 Å². The van der Waals surface area contributed by atoms with E-state index in [-0.39, 0.29) is 5.41 Å². The van der Waals surface area contributed by atoms with E-state index >= 15 is 0 Å². The number of rotatable bonds is 4. The van der Waals surface area contributed by atoms with Crippen LogP contribution in [0.3, 0.4) is 0 Å². The summed E-state index contributed by atoms with van der Waals surface area (Å²) in [6, 6.07) is 63.5. The number of para-hydroxylation sites is 2. The highest BCUT2D eigenvalue weighted by Crippen LogP contribution is 2.52. The fourth-order valence-corrected chi connectivity index (χ4v) is 9.63. The van der Waals surface area contributed by atoms with E-state index in [4.69, 9.17) is 8.83 Å². The zero-order valence-corrected chi connectivity index (χ0v) is 31.0. The number of hydrogen-bond donors (Lipinski definition) is 0. The van der Waals surface area contributed by atoms with Crippen LogP contribution >= 0.6 is 0 Å². The smallest absolute Gasteiger partial charge is 0.143 e. The van der Waals surface area contributed by atoms with Gasteiger partial charge in [0.2, 0.25) is 0 Å². The molecule has 2 aromatic heterocycles. The lowest BCUT2D eigenvalue weighted by Crippen LogP contribution is -2.16. The first kappa shape index (κ1) is 31.3. The molecule has 0 spiro atoms. The van der Waals surface area contributed by atoms with Crippen molar-refractivity contribution in [2.75, 3.05) is 4.90 Å². The van der Waals surface area contributed by atoms with Crippen molar-refractivity contribution in [1.82, 2.24) is 0 Å². The van der Waals surface area contributed by atoms with Crippen molar-refractivity contribution >= 4 is 82.5 Å². The van der Waals surface area contributed by atoms with Gasteiger partial charge >= 0.3 is 0 Å². The highest BCUT2D eigenvalue weighted by atomic mass is 16.3. The third-order valence-corrected chi connectivity index (χ3v) is 12.2. The van der Waals surface area contributed by atoms with Crippen LogP contribution in [0.15, 0.2) is 185 Å². The van der Waals surface area contributed by atoms with E-state index in [0.717, 1.165) is 72.1 Å². The predicted octanol–water partition coefficient (Wildman–Crippen LogP) is 15.2. The molecule has 3 heteroatoms. The Balaban J connectivity index is 1.21. The summed E-state index contributed by atoms with van der Waals surface area (Å²) < 4.78 is 13.5. The van der Waals surface area contributed by atoms with Crippen molar-refractivity contribution in [2.24, 2.45) is 0 Å². The molecule has 0 bridgehead atoms. The van der Waals surface area contributed by atoms with Gasteiger partial charge in [0.1, 0.15) is 22.3 Å². The molecule has 9 aromatic carbocycles. The van der Waals surface area contributed by atoms with Crippen LogP contribution in [-0.2, 0) is 5.41 Å². The summed E-state index contributed by atoms with van der Waals surface area (Å²) in [7, 11) is 0. The first-order valence-corrected chi connectivity index (χ1v) is 19.3. The lowest BCUT2D eigenvalue weighted by molar-refractivity contribution is 0.660. The number of anilines is 3. The second-order valence-corrected chi connectivity index (χ2v) is 15.6. The van der Waals surface area contributed by atoms with Crippen LogP contribution in [0, 0.1) is 0 Å². The van der Waals surface area contributed by atoms with Gasteiger partial charge in [0.05, 0.1) is 0 Å². The molecule has 0 fully saturated rings. The maximum Gasteiger partial charge on any atom is 0.143 e. The minimum Gasteiger partial charge on any atom is -0.456 e. The van der Waals surface area contributed by atoms with Gasteiger partial charge in [-0.2, -0.15) is 0 Å². The minimum atomic E-state index is -0.141. The summed E-state index contributed by atoms with van der Waals surface area (Å²) in [6.07, 6.45) is 0. The Kier molecular flexibility index (Phi) is 6.40. The van der Waals surface area contributed by atoms with E-state index in [1.807, 2.05) is 18.2 Å². The van der Waals surface area contributed by atoms with E-state index in [1.54, 1.807) is 0 Å². The summed E-state index contributed by atoms with van der Waals surface area (Å²) in [5.74, 6) is 0. The lowest BCUT2D eigenvalue weighted by atomic mass is 9.82. The van der Waals surface area contributed by atoms with E-state index in [2.05, 4.69) is 176 Å². The third kappa shape index (κ3) is 4.34. The SMILES string of the molecule is CC1(C)c2ccccc2-c2ccc(N(c3ccccc3)c3cc(-c4cc5ccccc5c5ccccc45)c4oc5ccc6oc7ccccc7c6c5c4c3)cc21. The minimum absolute atomic E-state index is 0.141. The van der Waals surface area contributed by atoms with Gasteiger partial charge in [0.25, 0.3) is 0 Å². The first-order chi connectivity index (χ1) is 27.5. The maximum absolute atomic E-state index is 7.04. The molecule has 0 aliphatic heterocycles. The van der Waals surface area contributed by atoms with Crippen LogP contribution in [0.5, 0.6) is 0 Å². The van der Waals surface area contributed by atoms with Gasteiger partial charge in [-0.15, -0.1) is 0 Å². The van der Waals surface area contributed by atoms with Gasteiger partial charge in [-0.05, 0) is 110 Å². The van der Waals surface area contributed by atoms with E-state index in [0.29, 0.717) is 0 Å². The van der Waals surface area contributed by atoms with Crippen LogP contribution in [0.25, 0.3) is 87.7 Å². The Labute approximate surface area is 323 Å². The molecule has 11 aromatic rings. The Morgan fingerprint density at radius 2 is 1.04 bits per heavy atom. The van der Waals surface area contributed by atoms with E-state index in [9.17, 15) is 0 Å². The lowest BCUT2D eigenvalue weighted by Gasteiger charge is -2.28. The third-order valence-electron chi connectivity index (χ3n) is 12.2. The standard InChI is InChI=1S/C53H35NO2/c1-53(2)45-22-12-10-20-39(45)40-25-24-34(31-46(40)53)54(33-15-4-3-5-16-33)35-29-43(42-28-32-14-6-7-17-36(32)37-18-8-9-19-38(37)42)52-44(30-35)51-49(56-52)27-26-48-50(51)41-21-11-13-23-47(41)55-48/h3-31H,1-2H3. The number of hydrogen-bond acceptors (Lipinski definition) is 3. The Morgan fingerprint density at radius 1 is 0.375 bits per heavy atom. The largest absolute Gasteiger partial charge is 0.456 e. The van der Waals surface area contributed by atoms with Gasteiger partial charge in [0.15, 0.2) is 0 Å². The Bertz CT molecular complexity index is 3400. The van der Waals surface area contributed by atoms with Crippen molar-refractivity contribution in [3.8, 4) is 22.3 Å². The molecule has 0 atom stereocenters. The molecule has 0 N–H and O–H groups in total. The van der Waals surface area contributed by atoms with Crippen LogP contribution in [0.4, 0.5) is 17.1 Å². The number of benzene rings is 9. The van der Waals surface area contributed by atoms with E-state index < -0.39 is 0 Å². The molecule has 0 radical (unpaired) electrons. The molecule has 1 aliphatic carbocycles. The Hall–Kier alpha value is -7.10. The molecule has 12 rings (SSSR count). The summed E-state index contributed by atoms with van der Waals surface area (Å²) in [5.41, 5.74) is 14.0. The van der Waals surface area contributed by atoms with Gasteiger partial charge in [-0.3, -0.25) is 0 Å². The molecule has 0 saturated heterocycles. The Morgan fingerprint density at radius 3 is 1.89 bits per heavy atom. The fraction of sp³-hybridized carbons (Fsp3) is 0.0566. The fourth-order valence-electron chi connectivity index (χ4n) is 9.63. The molecule has 0 saturated carbocycles. The predicted molar refractivity (Wildman–Crippen MR) is 234 cm³/mol. The monoisotopic (exact) mass is 717 g/mol. The molecule has 0 unspecified atom stereocenters. The molecular weight excluding hydrogens is 683 g/mol. The van der Waals surface area contributed by atoms with Crippen molar-refractivity contribution in [1.29, 1.82) is 0 Å². The zero-order valence-electron chi connectivity index (χ0n) is 31.0. The second-order valence-electron chi connectivity index (χ2n) is 15.6. The number of fused-ring (bicyclic) bond motifs is 13. The number of furan rings is 2. The van der Waals surface area contributed by atoms with Crippen LogP contribution in [0.2, 0.25) is 0 Å². The van der Waals surface area contributed by atoms with E-state index in [1.165, 1.54) is 43.8 Å². The zero-order chi connectivity index (χ0) is 37.1. The highest BCUT2D eigenvalue weighted by molar-refractivity contribution is 6.28. The molecule has 3 nitrogen and oxygen atoms in total. The summed E-state index contributed by atoms with van der Waals surface area (Å²) in [5, 5.41) is 9.12. The second kappa shape index (κ2) is 11.5. The summed E-state index contributed by atoms with van der Waals surface area (Å²) in [6.45, 7) is 4.70. The normalized spacial score (nSPS) is 13.3. The van der Waals surface area contributed by atoms with Crippen molar-refractivity contribution in [3.05, 3.63) is 187 Å².